The van der Waals surface area contributed by atoms with Crippen LogP contribution in [0.2, 0.25) is 0 Å². The summed E-state index contributed by atoms with van der Waals surface area (Å²) in [5.41, 5.74) is 1.40. The van der Waals surface area contributed by atoms with E-state index in [4.69, 9.17) is 0 Å². The van der Waals surface area contributed by atoms with Gasteiger partial charge in [-0.15, -0.1) is 0 Å². The number of rotatable bonds is 5. The van der Waals surface area contributed by atoms with Crippen molar-refractivity contribution in [2.75, 3.05) is 13.6 Å². The lowest BCUT2D eigenvalue weighted by atomic mass is 9.79. The fourth-order valence-electron chi connectivity index (χ4n) is 3.31. The van der Waals surface area contributed by atoms with Gasteiger partial charge in [-0.2, -0.15) is 0 Å². The van der Waals surface area contributed by atoms with E-state index in [9.17, 15) is 4.79 Å². The first-order chi connectivity index (χ1) is 10.1. The lowest BCUT2D eigenvalue weighted by molar-refractivity contribution is -0.131. The third-order valence-corrected chi connectivity index (χ3v) is 4.68. The highest BCUT2D eigenvalue weighted by Gasteiger charge is 2.29. The van der Waals surface area contributed by atoms with Gasteiger partial charge in [0.15, 0.2) is 0 Å². The Morgan fingerprint density at radius 3 is 2.62 bits per heavy atom. The van der Waals surface area contributed by atoms with Crippen molar-refractivity contribution >= 4 is 5.91 Å². The number of nitrogens with one attached hydrogen (secondary N) is 1. The van der Waals surface area contributed by atoms with E-state index < -0.39 is 0 Å². The molecule has 1 amide bonds. The molecule has 21 heavy (non-hydrogen) atoms. The van der Waals surface area contributed by atoms with Crippen LogP contribution in [0.15, 0.2) is 30.3 Å². The van der Waals surface area contributed by atoms with Crippen LogP contribution in [0.5, 0.6) is 0 Å². The minimum absolute atomic E-state index is 0.107. The number of carbonyl (C=O) groups is 1. The van der Waals surface area contributed by atoms with E-state index in [2.05, 4.69) is 35.6 Å². The van der Waals surface area contributed by atoms with Crippen LogP contribution in [-0.2, 0) is 4.79 Å². The van der Waals surface area contributed by atoms with Crippen molar-refractivity contribution in [1.82, 2.24) is 10.2 Å². The quantitative estimate of drug-likeness (QED) is 0.902. The van der Waals surface area contributed by atoms with Crippen LogP contribution in [0.4, 0.5) is 0 Å². The van der Waals surface area contributed by atoms with Gasteiger partial charge in [-0.05, 0) is 38.2 Å². The molecule has 1 fully saturated rings. The molecule has 0 radical (unpaired) electrons. The van der Waals surface area contributed by atoms with Gasteiger partial charge in [0.25, 0.3) is 0 Å². The molecule has 1 N–H and O–H groups in total. The molecule has 1 aromatic rings. The van der Waals surface area contributed by atoms with Crippen molar-refractivity contribution < 1.29 is 4.79 Å². The molecule has 0 spiro atoms. The Morgan fingerprint density at radius 1 is 1.29 bits per heavy atom. The standard InChI is InChI=1S/C18H28N2O/c1-4-20(3)18(21)14(2)19-17-13-9-8-12-16(17)15-10-6-5-7-11-15/h5-7,10-11,14,16-17,19H,4,8-9,12-13H2,1-3H3. The summed E-state index contributed by atoms with van der Waals surface area (Å²) in [7, 11) is 1.87. The van der Waals surface area contributed by atoms with Crippen LogP contribution in [0.25, 0.3) is 0 Å². The van der Waals surface area contributed by atoms with Crippen molar-refractivity contribution in [3.63, 3.8) is 0 Å². The van der Waals surface area contributed by atoms with Gasteiger partial charge in [0.2, 0.25) is 5.91 Å². The van der Waals surface area contributed by atoms with Crippen LogP contribution >= 0.6 is 0 Å². The Kier molecular flexibility index (Phi) is 5.80. The molecule has 1 aliphatic rings. The van der Waals surface area contributed by atoms with Crippen molar-refractivity contribution in [2.24, 2.45) is 0 Å². The number of benzene rings is 1. The zero-order valence-electron chi connectivity index (χ0n) is 13.5. The second kappa shape index (κ2) is 7.60. The lowest BCUT2D eigenvalue weighted by Crippen LogP contribution is -2.49. The zero-order valence-corrected chi connectivity index (χ0v) is 13.5. The normalized spacial score (nSPS) is 23.6. The minimum Gasteiger partial charge on any atom is -0.345 e. The predicted molar refractivity (Wildman–Crippen MR) is 87.3 cm³/mol. The smallest absolute Gasteiger partial charge is 0.239 e. The third-order valence-electron chi connectivity index (χ3n) is 4.68. The predicted octanol–water partition coefficient (Wildman–Crippen LogP) is 3.17. The Balaban J connectivity index is 2.04. The van der Waals surface area contributed by atoms with Crippen molar-refractivity contribution in [3.8, 4) is 0 Å². The Bertz CT molecular complexity index is 446. The summed E-state index contributed by atoms with van der Waals surface area (Å²) < 4.78 is 0. The first-order valence-corrected chi connectivity index (χ1v) is 8.19. The summed E-state index contributed by atoms with van der Waals surface area (Å²) in [5, 5.41) is 3.59. The van der Waals surface area contributed by atoms with Gasteiger partial charge in [0.05, 0.1) is 6.04 Å². The second-order valence-electron chi connectivity index (χ2n) is 6.15. The number of nitrogens with zero attached hydrogens (tertiary/aromatic N) is 1. The van der Waals surface area contributed by atoms with Gasteiger partial charge in [-0.3, -0.25) is 4.79 Å². The molecule has 2 rings (SSSR count). The number of likely N-dealkylation sites (N-methyl/N-ethyl adjacent to an activating group) is 1. The minimum atomic E-state index is -0.107. The van der Waals surface area contributed by atoms with E-state index >= 15 is 0 Å². The number of hydrogen-bond acceptors (Lipinski definition) is 2. The SMILES string of the molecule is CCN(C)C(=O)C(C)NC1CCCCC1c1ccccc1. The first kappa shape index (κ1) is 16.0. The largest absolute Gasteiger partial charge is 0.345 e. The average molecular weight is 288 g/mol. The monoisotopic (exact) mass is 288 g/mol. The van der Waals surface area contributed by atoms with E-state index in [0.29, 0.717) is 12.0 Å². The van der Waals surface area contributed by atoms with E-state index in [-0.39, 0.29) is 11.9 Å². The summed E-state index contributed by atoms with van der Waals surface area (Å²) in [5.74, 6) is 0.719. The maximum Gasteiger partial charge on any atom is 0.239 e. The number of amides is 1. The summed E-state index contributed by atoms with van der Waals surface area (Å²) >= 11 is 0. The molecule has 0 saturated heterocycles. The summed E-state index contributed by atoms with van der Waals surface area (Å²) in [6.45, 7) is 4.76. The topological polar surface area (TPSA) is 32.3 Å². The van der Waals surface area contributed by atoms with Gasteiger partial charge in [-0.25, -0.2) is 0 Å². The Morgan fingerprint density at radius 2 is 1.95 bits per heavy atom. The van der Waals surface area contributed by atoms with Crippen LogP contribution in [0, 0.1) is 0 Å². The van der Waals surface area contributed by atoms with E-state index in [1.54, 1.807) is 4.90 Å². The van der Waals surface area contributed by atoms with Crippen molar-refractivity contribution in [3.05, 3.63) is 35.9 Å². The molecular formula is C18H28N2O. The van der Waals surface area contributed by atoms with Crippen LogP contribution in [0.1, 0.15) is 51.0 Å². The maximum absolute atomic E-state index is 12.3. The van der Waals surface area contributed by atoms with Gasteiger partial charge < -0.3 is 10.2 Å². The molecule has 1 saturated carbocycles. The van der Waals surface area contributed by atoms with E-state index in [0.717, 1.165) is 13.0 Å². The molecule has 0 bridgehead atoms. The third kappa shape index (κ3) is 4.07. The molecular weight excluding hydrogens is 260 g/mol. The fraction of sp³-hybridized carbons (Fsp3) is 0.611. The van der Waals surface area contributed by atoms with Gasteiger partial charge in [-0.1, -0.05) is 43.2 Å². The van der Waals surface area contributed by atoms with Crippen LogP contribution in [0.3, 0.4) is 0 Å². The first-order valence-electron chi connectivity index (χ1n) is 8.19. The second-order valence-corrected chi connectivity index (χ2v) is 6.15. The lowest BCUT2D eigenvalue weighted by Gasteiger charge is -2.35. The van der Waals surface area contributed by atoms with Crippen LogP contribution in [-0.4, -0.2) is 36.5 Å². The summed E-state index contributed by atoms with van der Waals surface area (Å²) in [6.07, 6.45) is 4.92. The van der Waals surface area contributed by atoms with Gasteiger partial charge in [0, 0.05) is 19.6 Å². The highest BCUT2D eigenvalue weighted by molar-refractivity contribution is 5.81. The van der Waals surface area contributed by atoms with Crippen molar-refractivity contribution in [1.29, 1.82) is 0 Å². The molecule has 0 aliphatic heterocycles. The Hall–Kier alpha value is -1.35. The molecule has 0 heterocycles. The summed E-state index contributed by atoms with van der Waals surface area (Å²) in [6, 6.07) is 11.0. The van der Waals surface area contributed by atoms with E-state index in [1.807, 2.05) is 20.9 Å². The maximum atomic E-state index is 12.3. The fourth-order valence-corrected chi connectivity index (χ4v) is 3.31. The number of carbonyl (C=O) groups excluding carboxylic acids is 1. The molecule has 3 atom stereocenters. The van der Waals surface area contributed by atoms with Crippen LogP contribution < -0.4 is 5.32 Å². The van der Waals surface area contributed by atoms with Crippen molar-refractivity contribution in [2.45, 2.75) is 57.5 Å². The molecule has 3 unspecified atom stereocenters. The van der Waals surface area contributed by atoms with Gasteiger partial charge >= 0.3 is 0 Å². The molecule has 3 nitrogen and oxygen atoms in total. The highest BCUT2D eigenvalue weighted by Crippen LogP contribution is 2.33. The molecule has 1 aromatic carbocycles. The molecule has 0 aromatic heterocycles. The number of hydrogen-bond donors (Lipinski definition) is 1. The highest BCUT2D eigenvalue weighted by atomic mass is 16.2. The van der Waals surface area contributed by atoms with Gasteiger partial charge in [0.1, 0.15) is 0 Å². The molecule has 3 heteroatoms. The summed E-state index contributed by atoms with van der Waals surface area (Å²) in [4.78, 5) is 14.0. The molecule has 1 aliphatic carbocycles. The van der Waals surface area contributed by atoms with E-state index in [1.165, 1.54) is 24.8 Å². The Labute approximate surface area is 128 Å². The average Bonchev–Trinajstić information content (AvgIpc) is 2.54. The molecule has 116 valence electrons. The zero-order chi connectivity index (χ0) is 15.2.